The fraction of sp³-hybridized carbons (Fsp3) is 0.444. The van der Waals surface area contributed by atoms with Gasteiger partial charge in [-0.3, -0.25) is 0 Å². The minimum Gasteiger partial charge on any atom is -0.375 e. The number of nitrogens with one attached hydrogen (secondary N) is 1. The Morgan fingerprint density at radius 2 is 2.10 bits per heavy atom. The van der Waals surface area contributed by atoms with Crippen molar-refractivity contribution < 1.29 is 4.74 Å². The molecule has 2 unspecified atom stereocenters. The SMILES string of the molecule is CCCNC(c1cccc2ccccc12)C1CSCCO1. The highest BCUT2D eigenvalue weighted by molar-refractivity contribution is 7.99. The molecular weight excluding hydrogens is 278 g/mol. The monoisotopic (exact) mass is 301 g/mol. The van der Waals surface area contributed by atoms with Crippen molar-refractivity contribution in [3.63, 3.8) is 0 Å². The molecule has 0 radical (unpaired) electrons. The van der Waals surface area contributed by atoms with Crippen molar-refractivity contribution in [3.8, 4) is 0 Å². The third kappa shape index (κ3) is 3.42. The number of thioether (sulfide) groups is 1. The van der Waals surface area contributed by atoms with Gasteiger partial charge < -0.3 is 10.1 Å². The van der Waals surface area contributed by atoms with Gasteiger partial charge in [0.15, 0.2) is 0 Å². The lowest BCUT2D eigenvalue weighted by molar-refractivity contribution is 0.0472. The van der Waals surface area contributed by atoms with E-state index in [1.807, 2.05) is 11.8 Å². The lowest BCUT2D eigenvalue weighted by Gasteiger charge is -2.32. The third-order valence-electron chi connectivity index (χ3n) is 3.99. The molecule has 0 aromatic heterocycles. The van der Waals surface area contributed by atoms with Gasteiger partial charge in [0.05, 0.1) is 18.8 Å². The van der Waals surface area contributed by atoms with Crippen molar-refractivity contribution in [2.75, 3.05) is 24.7 Å². The van der Waals surface area contributed by atoms with Crippen LogP contribution in [-0.4, -0.2) is 30.8 Å². The second-order valence-corrected chi connectivity index (χ2v) is 6.63. The Bertz CT molecular complexity index is 575. The van der Waals surface area contributed by atoms with E-state index in [4.69, 9.17) is 4.74 Å². The van der Waals surface area contributed by atoms with Gasteiger partial charge in [-0.25, -0.2) is 0 Å². The van der Waals surface area contributed by atoms with Crippen LogP contribution in [0.5, 0.6) is 0 Å². The van der Waals surface area contributed by atoms with E-state index in [2.05, 4.69) is 54.7 Å². The zero-order valence-electron chi connectivity index (χ0n) is 12.5. The Hall–Kier alpha value is -1.03. The van der Waals surface area contributed by atoms with Crippen LogP contribution in [0.25, 0.3) is 10.8 Å². The van der Waals surface area contributed by atoms with Crippen LogP contribution >= 0.6 is 11.8 Å². The molecule has 0 bridgehead atoms. The Morgan fingerprint density at radius 1 is 1.24 bits per heavy atom. The summed E-state index contributed by atoms with van der Waals surface area (Å²) >= 11 is 2.00. The minimum atomic E-state index is 0.265. The lowest BCUT2D eigenvalue weighted by atomic mass is 9.95. The molecular formula is C18H23NOS. The van der Waals surface area contributed by atoms with E-state index < -0.39 is 0 Å². The van der Waals surface area contributed by atoms with Gasteiger partial charge in [0.25, 0.3) is 0 Å². The molecule has 0 amide bonds. The largest absolute Gasteiger partial charge is 0.375 e. The summed E-state index contributed by atoms with van der Waals surface area (Å²) in [5, 5.41) is 6.36. The molecule has 2 nitrogen and oxygen atoms in total. The zero-order valence-corrected chi connectivity index (χ0v) is 13.4. The molecule has 0 aliphatic carbocycles. The van der Waals surface area contributed by atoms with Crippen molar-refractivity contribution in [3.05, 3.63) is 48.0 Å². The summed E-state index contributed by atoms with van der Waals surface area (Å²) in [5.74, 6) is 2.19. The molecule has 1 aliphatic rings. The van der Waals surface area contributed by atoms with E-state index in [-0.39, 0.29) is 12.1 Å². The second kappa shape index (κ2) is 7.30. The topological polar surface area (TPSA) is 21.3 Å². The van der Waals surface area contributed by atoms with Crippen molar-refractivity contribution in [1.82, 2.24) is 5.32 Å². The molecule has 1 aliphatic heterocycles. The Kier molecular flexibility index (Phi) is 5.17. The lowest BCUT2D eigenvalue weighted by Crippen LogP contribution is -2.38. The molecule has 1 N–H and O–H groups in total. The molecule has 1 heterocycles. The maximum Gasteiger partial charge on any atom is 0.0860 e. The number of hydrogen-bond acceptors (Lipinski definition) is 3. The predicted octanol–water partition coefficient (Wildman–Crippen LogP) is 4.01. The van der Waals surface area contributed by atoms with Gasteiger partial charge >= 0.3 is 0 Å². The minimum absolute atomic E-state index is 0.265. The van der Waals surface area contributed by atoms with Crippen molar-refractivity contribution >= 4 is 22.5 Å². The molecule has 2 atom stereocenters. The molecule has 3 heteroatoms. The normalized spacial score (nSPS) is 20.5. The number of fused-ring (bicyclic) bond motifs is 1. The quantitative estimate of drug-likeness (QED) is 0.901. The molecule has 2 aromatic carbocycles. The molecule has 2 aromatic rings. The van der Waals surface area contributed by atoms with Crippen LogP contribution < -0.4 is 5.32 Å². The summed E-state index contributed by atoms with van der Waals surface area (Å²) < 4.78 is 6.06. The predicted molar refractivity (Wildman–Crippen MR) is 92.0 cm³/mol. The van der Waals surface area contributed by atoms with Crippen molar-refractivity contribution in [1.29, 1.82) is 0 Å². The highest BCUT2D eigenvalue weighted by Crippen LogP contribution is 2.30. The molecule has 1 fully saturated rings. The maximum absolute atomic E-state index is 6.06. The average Bonchev–Trinajstić information content (AvgIpc) is 2.56. The maximum atomic E-state index is 6.06. The smallest absolute Gasteiger partial charge is 0.0860 e. The van der Waals surface area contributed by atoms with Crippen LogP contribution in [0.3, 0.4) is 0 Å². The van der Waals surface area contributed by atoms with Gasteiger partial charge in [0, 0.05) is 11.5 Å². The van der Waals surface area contributed by atoms with Gasteiger partial charge in [-0.2, -0.15) is 11.8 Å². The van der Waals surface area contributed by atoms with E-state index >= 15 is 0 Å². The Labute approximate surface area is 131 Å². The summed E-state index contributed by atoms with van der Waals surface area (Å²) in [4.78, 5) is 0. The fourth-order valence-corrected chi connectivity index (χ4v) is 3.86. The third-order valence-corrected chi connectivity index (χ3v) is 5.01. The molecule has 112 valence electrons. The Balaban J connectivity index is 1.96. The van der Waals surface area contributed by atoms with Gasteiger partial charge in [0.2, 0.25) is 0 Å². The molecule has 0 spiro atoms. The van der Waals surface area contributed by atoms with Crippen molar-refractivity contribution in [2.24, 2.45) is 0 Å². The van der Waals surface area contributed by atoms with Gasteiger partial charge in [0.1, 0.15) is 0 Å². The van der Waals surface area contributed by atoms with Crippen LogP contribution in [0.15, 0.2) is 42.5 Å². The molecule has 1 saturated heterocycles. The summed E-state index contributed by atoms with van der Waals surface area (Å²) in [5.41, 5.74) is 1.37. The van der Waals surface area contributed by atoms with Crippen LogP contribution in [0.2, 0.25) is 0 Å². The van der Waals surface area contributed by atoms with Crippen LogP contribution in [0.1, 0.15) is 24.9 Å². The first-order valence-corrected chi connectivity index (χ1v) is 8.96. The van der Waals surface area contributed by atoms with E-state index in [0.717, 1.165) is 31.1 Å². The second-order valence-electron chi connectivity index (χ2n) is 5.48. The summed E-state index contributed by atoms with van der Waals surface area (Å²) in [6.07, 6.45) is 1.40. The first kappa shape index (κ1) is 14.9. The molecule has 3 rings (SSSR count). The highest BCUT2D eigenvalue weighted by Gasteiger charge is 2.26. The first-order chi connectivity index (χ1) is 10.4. The number of hydrogen-bond donors (Lipinski definition) is 1. The standard InChI is InChI=1S/C18H23NOS/c1-2-10-19-18(17-13-21-12-11-20-17)16-9-5-7-14-6-3-4-8-15(14)16/h3-9,17-19H,2,10-13H2,1H3. The van der Waals surface area contributed by atoms with Gasteiger partial charge in [-0.15, -0.1) is 0 Å². The van der Waals surface area contributed by atoms with E-state index in [9.17, 15) is 0 Å². The van der Waals surface area contributed by atoms with E-state index in [1.165, 1.54) is 16.3 Å². The fourth-order valence-electron chi connectivity index (χ4n) is 2.96. The van der Waals surface area contributed by atoms with Crippen LogP contribution in [0, 0.1) is 0 Å². The van der Waals surface area contributed by atoms with Crippen molar-refractivity contribution in [2.45, 2.75) is 25.5 Å². The average molecular weight is 301 g/mol. The summed E-state index contributed by atoms with van der Waals surface area (Å²) in [7, 11) is 0. The van der Waals surface area contributed by atoms with Gasteiger partial charge in [-0.05, 0) is 29.3 Å². The van der Waals surface area contributed by atoms with E-state index in [0.29, 0.717) is 0 Å². The highest BCUT2D eigenvalue weighted by atomic mass is 32.2. The zero-order chi connectivity index (χ0) is 14.5. The van der Waals surface area contributed by atoms with E-state index in [1.54, 1.807) is 0 Å². The van der Waals surface area contributed by atoms with Gasteiger partial charge in [-0.1, -0.05) is 49.4 Å². The first-order valence-electron chi connectivity index (χ1n) is 7.80. The summed E-state index contributed by atoms with van der Waals surface area (Å²) in [6, 6.07) is 15.5. The number of rotatable bonds is 5. The molecule has 21 heavy (non-hydrogen) atoms. The molecule has 0 saturated carbocycles. The number of ether oxygens (including phenoxy) is 1. The number of benzene rings is 2. The summed E-state index contributed by atoms with van der Waals surface area (Å²) in [6.45, 7) is 4.10. The van der Waals surface area contributed by atoms with Crippen LogP contribution in [-0.2, 0) is 4.74 Å². The van der Waals surface area contributed by atoms with Crippen LogP contribution in [0.4, 0.5) is 0 Å². The Morgan fingerprint density at radius 3 is 2.90 bits per heavy atom.